The predicted octanol–water partition coefficient (Wildman–Crippen LogP) is 1.43. The molecule has 1 aromatic rings. The van der Waals surface area contributed by atoms with Crippen molar-refractivity contribution in [1.29, 1.82) is 0 Å². The summed E-state index contributed by atoms with van der Waals surface area (Å²) in [5.74, 6) is -0.121. The van der Waals surface area contributed by atoms with Gasteiger partial charge >= 0.3 is 0 Å². The maximum absolute atomic E-state index is 13.0. The summed E-state index contributed by atoms with van der Waals surface area (Å²) in [6, 6.07) is 4.27. The topological polar surface area (TPSA) is 49.6 Å². The van der Waals surface area contributed by atoms with Gasteiger partial charge in [-0.1, -0.05) is 6.92 Å². The zero-order valence-corrected chi connectivity index (χ0v) is 11.6. The van der Waals surface area contributed by atoms with Gasteiger partial charge in [0.2, 0.25) is 0 Å². The molecule has 1 saturated heterocycles. The number of likely N-dealkylation sites (N-methyl/N-ethyl adjacent to an activating group) is 1. The zero-order valence-electron chi connectivity index (χ0n) is 11.6. The molecule has 1 aliphatic heterocycles. The van der Waals surface area contributed by atoms with Crippen molar-refractivity contribution in [3.8, 4) is 0 Å². The van der Waals surface area contributed by atoms with E-state index in [0.717, 1.165) is 0 Å². The molecule has 4 nitrogen and oxygen atoms in total. The van der Waals surface area contributed by atoms with Crippen molar-refractivity contribution >= 4 is 11.6 Å². The predicted molar refractivity (Wildman–Crippen MR) is 73.4 cm³/mol. The number of amides is 1. The summed E-state index contributed by atoms with van der Waals surface area (Å²) < 4.78 is 13.0. The highest BCUT2D eigenvalue weighted by Crippen LogP contribution is 2.24. The molecule has 1 aliphatic rings. The molecular weight excluding hydrogens is 245 g/mol. The zero-order chi connectivity index (χ0) is 14.2. The molecular formula is C14H20FN3O. The average molecular weight is 265 g/mol. The van der Waals surface area contributed by atoms with Crippen molar-refractivity contribution in [2.75, 3.05) is 32.9 Å². The second-order valence-electron chi connectivity index (χ2n) is 5.45. The van der Waals surface area contributed by atoms with E-state index < -0.39 is 5.82 Å². The molecule has 0 aromatic heterocycles. The molecule has 0 spiro atoms. The minimum Gasteiger partial charge on any atom is -0.398 e. The van der Waals surface area contributed by atoms with E-state index in [4.69, 9.17) is 5.73 Å². The summed E-state index contributed by atoms with van der Waals surface area (Å²) in [5.41, 5.74) is 6.30. The van der Waals surface area contributed by atoms with E-state index in [-0.39, 0.29) is 11.6 Å². The first-order valence-electron chi connectivity index (χ1n) is 6.41. The molecule has 0 saturated carbocycles. The van der Waals surface area contributed by atoms with Gasteiger partial charge in [0.1, 0.15) is 5.82 Å². The highest BCUT2D eigenvalue weighted by atomic mass is 19.1. The Morgan fingerprint density at radius 2 is 2.11 bits per heavy atom. The first kappa shape index (κ1) is 13.8. The van der Waals surface area contributed by atoms with Crippen molar-refractivity contribution in [1.82, 2.24) is 9.80 Å². The lowest BCUT2D eigenvalue weighted by molar-refractivity contribution is 0.0782. The van der Waals surface area contributed by atoms with E-state index in [2.05, 4.69) is 11.8 Å². The Balaban J connectivity index is 2.17. The average Bonchev–Trinajstić information content (AvgIpc) is 2.70. The van der Waals surface area contributed by atoms with E-state index in [1.165, 1.54) is 18.2 Å². The molecule has 0 radical (unpaired) electrons. The molecule has 0 aliphatic carbocycles. The van der Waals surface area contributed by atoms with Crippen LogP contribution in [0, 0.1) is 11.7 Å². The number of likely N-dealkylation sites (tertiary alicyclic amines) is 1. The smallest absolute Gasteiger partial charge is 0.256 e. The molecule has 2 atom stereocenters. The minimum atomic E-state index is -0.421. The Labute approximate surface area is 113 Å². The molecule has 2 rings (SSSR count). The lowest BCUT2D eigenvalue weighted by Gasteiger charge is -2.22. The Morgan fingerprint density at radius 1 is 1.42 bits per heavy atom. The SMILES string of the molecule is CC1CN(C(=O)c2ccc(F)cc2N)CC1N(C)C. The van der Waals surface area contributed by atoms with Crippen LogP contribution in [0.25, 0.3) is 0 Å². The molecule has 104 valence electrons. The summed E-state index contributed by atoms with van der Waals surface area (Å²) in [7, 11) is 4.03. The number of benzene rings is 1. The van der Waals surface area contributed by atoms with Gasteiger partial charge in [-0.3, -0.25) is 4.79 Å². The normalized spacial score (nSPS) is 23.1. The van der Waals surface area contributed by atoms with Crippen LogP contribution in [0.4, 0.5) is 10.1 Å². The van der Waals surface area contributed by atoms with Crippen molar-refractivity contribution < 1.29 is 9.18 Å². The number of nitrogen functional groups attached to an aromatic ring is 1. The third-order valence-electron chi connectivity index (χ3n) is 3.77. The van der Waals surface area contributed by atoms with Gasteiger partial charge in [-0.15, -0.1) is 0 Å². The molecule has 1 fully saturated rings. The van der Waals surface area contributed by atoms with Gasteiger partial charge in [-0.25, -0.2) is 4.39 Å². The van der Waals surface area contributed by atoms with Gasteiger partial charge in [-0.2, -0.15) is 0 Å². The summed E-state index contributed by atoms with van der Waals surface area (Å²) in [6.07, 6.45) is 0. The third-order valence-corrected chi connectivity index (χ3v) is 3.77. The molecule has 19 heavy (non-hydrogen) atoms. The van der Waals surface area contributed by atoms with Crippen molar-refractivity contribution in [2.45, 2.75) is 13.0 Å². The number of halogens is 1. The lowest BCUT2D eigenvalue weighted by atomic mass is 10.1. The highest BCUT2D eigenvalue weighted by molar-refractivity contribution is 5.99. The molecule has 0 bridgehead atoms. The van der Waals surface area contributed by atoms with E-state index in [1.807, 2.05) is 14.1 Å². The maximum atomic E-state index is 13.0. The maximum Gasteiger partial charge on any atom is 0.256 e. The molecule has 5 heteroatoms. The number of carbonyl (C=O) groups excluding carboxylic acids is 1. The van der Waals surface area contributed by atoms with Gasteiger partial charge in [0, 0.05) is 24.8 Å². The van der Waals surface area contributed by atoms with Crippen molar-refractivity contribution in [3.05, 3.63) is 29.6 Å². The van der Waals surface area contributed by atoms with Crippen molar-refractivity contribution in [2.24, 2.45) is 5.92 Å². The fourth-order valence-corrected chi connectivity index (χ4v) is 2.69. The first-order valence-corrected chi connectivity index (χ1v) is 6.41. The summed E-state index contributed by atoms with van der Waals surface area (Å²) in [5, 5.41) is 0. The second kappa shape index (κ2) is 5.17. The van der Waals surface area contributed by atoms with Crippen LogP contribution in [0.15, 0.2) is 18.2 Å². The number of anilines is 1. The standard InChI is InChI=1S/C14H20FN3O/c1-9-7-18(8-13(9)17(2)3)14(19)11-5-4-10(15)6-12(11)16/h4-6,9,13H,7-8,16H2,1-3H3. The molecule has 1 heterocycles. The van der Waals surface area contributed by atoms with E-state index in [1.54, 1.807) is 4.90 Å². The van der Waals surface area contributed by atoms with Crippen molar-refractivity contribution in [3.63, 3.8) is 0 Å². The summed E-state index contributed by atoms with van der Waals surface area (Å²) in [6.45, 7) is 3.52. The number of hydrogen-bond acceptors (Lipinski definition) is 3. The van der Waals surface area contributed by atoms with Crippen LogP contribution in [-0.2, 0) is 0 Å². The Hall–Kier alpha value is -1.62. The van der Waals surface area contributed by atoms with Crippen LogP contribution in [0.1, 0.15) is 17.3 Å². The minimum absolute atomic E-state index is 0.117. The first-order chi connectivity index (χ1) is 8.90. The quantitative estimate of drug-likeness (QED) is 0.823. The summed E-state index contributed by atoms with van der Waals surface area (Å²) in [4.78, 5) is 16.3. The van der Waals surface area contributed by atoms with Crippen LogP contribution >= 0.6 is 0 Å². The fraction of sp³-hybridized carbons (Fsp3) is 0.500. The van der Waals surface area contributed by atoms with Gasteiger partial charge in [0.15, 0.2) is 0 Å². The van der Waals surface area contributed by atoms with E-state index >= 15 is 0 Å². The number of nitrogens with zero attached hydrogens (tertiary/aromatic N) is 2. The number of nitrogens with two attached hydrogens (primary N) is 1. The Morgan fingerprint density at radius 3 is 2.63 bits per heavy atom. The van der Waals surface area contributed by atoms with Gasteiger partial charge in [0.05, 0.1) is 5.56 Å². The van der Waals surface area contributed by atoms with Crippen LogP contribution in [0.2, 0.25) is 0 Å². The highest BCUT2D eigenvalue weighted by Gasteiger charge is 2.34. The van der Waals surface area contributed by atoms with E-state index in [0.29, 0.717) is 30.6 Å². The molecule has 1 aromatic carbocycles. The van der Waals surface area contributed by atoms with Crippen LogP contribution in [0.3, 0.4) is 0 Å². The largest absolute Gasteiger partial charge is 0.398 e. The lowest BCUT2D eigenvalue weighted by Crippen LogP contribution is -2.36. The second-order valence-corrected chi connectivity index (χ2v) is 5.45. The van der Waals surface area contributed by atoms with Crippen LogP contribution in [0.5, 0.6) is 0 Å². The molecule has 2 unspecified atom stereocenters. The van der Waals surface area contributed by atoms with E-state index in [9.17, 15) is 9.18 Å². The van der Waals surface area contributed by atoms with Crippen LogP contribution < -0.4 is 5.73 Å². The number of carbonyl (C=O) groups is 1. The number of rotatable bonds is 2. The van der Waals surface area contributed by atoms with Gasteiger partial charge < -0.3 is 15.5 Å². The fourth-order valence-electron chi connectivity index (χ4n) is 2.69. The van der Waals surface area contributed by atoms with Gasteiger partial charge in [-0.05, 0) is 38.2 Å². The Bertz CT molecular complexity index is 490. The Kier molecular flexibility index (Phi) is 3.75. The number of hydrogen-bond donors (Lipinski definition) is 1. The monoisotopic (exact) mass is 265 g/mol. The molecule has 1 amide bonds. The third kappa shape index (κ3) is 2.71. The van der Waals surface area contributed by atoms with Crippen LogP contribution in [-0.4, -0.2) is 48.9 Å². The summed E-state index contributed by atoms with van der Waals surface area (Å²) >= 11 is 0. The molecule has 2 N–H and O–H groups in total. The van der Waals surface area contributed by atoms with Gasteiger partial charge in [0.25, 0.3) is 5.91 Å².